The summed E-state index contributed by atoms with van der Waals surface area (Å²) in [4.78, 5) is 4.72. The summed E-state index contributed by atoms with van der Waals surface area (Å²) in [5.74, 6) is 0. The number of nitrogens with one attached hydrogen (secondary N) is 1. The molecule has 4 heteroatoms. The van der Waals surface area contributed by atoms with Crippen LogP contribution in [-0.2, 0) is 11.2 Å². The third-order valence-corrected chi connectivity index (χ3v) is 3.95. The number of ether oxygens (including phenoxy) is 1. The van der Waals surface area contributed by atoms with E-state index in [9.17, 15) is 0 Å². The molecule has 0 bridgehead atoms. The van der Waals surface area contributed by atoms with E-state index in [0.29, 0.717) is 12.6 Å². The van der Waals surface area contributed by atoms with E-state index in [2.05, 4.69) is 36.7 Å². The molecule has 1 heterocycles. The van der Waals surface area contributed by atoms with Crippen molar-refractivity contribution in [3.05, 3.63) is 40.7 Å². The number of hydrogen-bond donors (Lipinski definition) is 1. The van der Waals surface area contributed by atoms with Crippen LogP contribution in [0.3, 0.4) is 0 Å². The van der Waals surface area contributed by atoms with Crippen LogP contribution in [0.25, 0.3) is 11.3 Å². The number of thiazole rings is 1. The van der Waals surface area contributed by atoms with Crippen LogP contribution in [0.2, 0.25) is 0 Å². The van der Waals surface area contributed by atoms with Gasteiger partial charge in [-0.2, -0.15) is 0 Å². The maximum absolute atomic E-state index is 5.67. The highest BCUT2D eigenvalue weighted by molar-refractivity contribution is 7.09. The molecule has 0 saturated heterocycles. The highest BCUT2D eigenvalue weighted by atomic mass is 32.1. The molecule has 3 nitrogen and oxygen atoms in total. The van der Waals surface area contributed by atoms with Gasteiger partial charge in [-0.15, -0.1) is 11.3 Å². The van der Waals surface area contributed by atoms with Crippen molar-refractivity contribution in [1.82, 2.24) is 10.3 Å². The van der Waals surface area contributed by atoms with Gasteiger partial charge in [0, 0.05) is 23.4 Å². The minimum atomic E-state index is 0.266. The van der Waals surface area contributed by atoms with Crippen LogP contribution in [0.5, 0.6) is 0 Å². The summed E-state index contributed by atoms with van der Waals surface area (Å²) in [6.45, 7) is 4.83. The fraction of sp³-hybridized carbons (Fsp3) is 0.438. The zero-order valence-corrected chi connectivity index (χ0v) is 13.1. The number of aromatic nitrogens is 1. The maximum Gasteiger partial charge on any atom is 0.0949 e. The Balaban J connectivity index is 1.98. The molecule has 1 aromatic heterocycles. The second-order valence-electron chi connectivity index (χ2n) is 5.06. The lowest BCUT2D eigenvalue weighted by Crippen LogP contribution is -2.33. The number of benzene rings is 1. The van der Waals surface area contributed by atoms with Crippen LogP contribution in [0.1, 0.15) is 18.9 Å². The van der Waals surface area contributed by atoms with Gasteiger partial charge >= 0.3 is 0 Å². The minimum absolute atomic E-state index is 0.266. The molecular weight excluding hydrogens is 268 g/mol. The van der Waals surface area contributed by atoms with Crippen molar-refractivity contribution in [2.24, 2.45) is 0 Å². The van der Waals surface area contributed by atoms with E-state index in [1.54, 1.807) is 11.3 Å². The summed E-state index contributed by atoms with van der Waals surface area (Å²) in [5, 5.41) is 6.57. The SMILES string of the molecule is CNC(COC(C)C)Cc1nc(-c2ccccc2)cs1. The lowest BCUT2D eigenvalue weighted by molar-refractivity contribution is 0.0627. The number of likely N-dealkylation sites (N-methyl/N-ethyl adjacent to an activating group) is 1. The molecule has 0 radical (unpaired) electrons. The predicted octanol–water partition coefficient (Wildman–Crippen LogP) is 3.37. The highest BCUT2D eigenvalue weighted by Crippen LogP contribution is 2.22. The fourth-order valence-corrected chi connectivity index (χ4v) is 2.79. The van der Waals surface area contributed by atoms with Crippen LogP contribution >= 0.6 is 11.3 Å². The molecule has 1 N–H and O–H groups in total. The van der Waals surface area contributed by atoms with Crippen LogP contribution in [0.4, 0.5) is 0 Å². The number of nitrogens with zero attached hydrogens (tertiary/aromatic N) is 1. The lowest BCUT2D eigenvalue weighted by Gasteiger charge is -2.16. The van der Waals surface area contributed by atoms with Gasteiger partial charge in [-0.1, -0.05) is 30.3 Å². The Morgan fingerprint density at radius 3 is 2.65 bits per heavy atom. The third kappa shape index (κ3) is 4.40. The van der Waals surface area contributed by atoms with Crippen LogP contribution in [-0.4, -0.2) is 30.8 Å². The van der Waals surface area contributed by atoms with Gasteiger partial charge in [0.25, 0.3) is 0 Å². The zero-order chi connectivity index (χ0) is 14.4. The van der Waals surface area contributed by atoms with Gasteiger partial charge in [-0.25, -0.2) is 4.98 Å². The topological polar surface area (TPSA) is 34.1 Å². The molecule has 0 spiro atoms. The summed E-state index contributed by atoms with van der Waals surface area (Å²) in [5.41, 5.74) is 2.24. The molecule has 0 fully saturated rings. The molecule has 2 rings (SSSR count). The Bertz CT molecular complexity index is 510. The fourth-order valence-electron chi connectivity index (χ4n) is 1.91. The Morgan fingerprint density at radius 1 is 1.25 bits per heavy atom. The van der Waals surface area contributed by atoms with Crippen molar-refractivity contribution in [1.29, 1.82) is 0 Å². The molecule has 1 atom stereocenters. The van der Waals surface area contributed by atoms with Gasteiger partial charge in [-0.05, 0) is 20.9 Å². The minimum Gasteiger partial charge on any atom is -0.377 e. The normalized spacial score (nSPS) is 12.8. The molecule has 0 saturated carbocycles. The average Bonchev–Trinajstić information content (AvgIpc) is 2.92. The molecule has 108 valence electrons. The first-order valence-electron chi connectivity index (χ1n) is 6.97. The summed E-state index contributed by atoms with van der Waals surface area (Å²) >= 11 is 1.72. The Morgan fingerprint density at radius 2 is 2.00 bits per heavy atom. The van der Waals surface area contributed by atoms with E-state index < -0.39 is 0 Å². The van der Waals surface area contributed by atoms with Gasteiger partial charge in [0.15, 0.2) is 0 Å². The van der Waals surface area contributed by atoms with Crippen molar-refractivity contribution in [3.8, 4) is 11.3 Å². The monoisotopic (exact) mass is 290 g/mol. The smallest absolute Gasteiger partial charge is 0.0949 e. The van der Waals surface area contributed by atoms with Crippen molar-refractivity contribution < 1.29 is 4.74 Å². The van der Waals surface area contributed by atoms with Gasteiger partial charge in [0.2, 0.25) is 0 Å². The summed E-state index contributed by atoms with van der Waals surface area (Å²) < 4.78 is 5.67. The predicted molar refractivity (Wildman–Crippen MR) is 85.2 cm³/mol. The van der Waals surface area contributed by atoms with Gasteiger partial charge in [0.05, 0.1) is 23.4 Å². The first-order chi connectivity index (χ1) is 9.69. The quantitative estimate of drug-likeness (QED) is 0.849. The van der Waals surface area contributed by atoms with Crippen LogP contribution in [0, 0.1) is 0 Å². The van der Waals surface area contributed by atoms with Crippen molar-refractivity contribution in [2.75, 3.05) is 13.7 Å². The third-order valence-electron chi connectivity index (χ3n) is 3.08. The van der Waals surface area contributed by atoms with Gasteiger partial charge in [-0.3, -0.25) is 0 Å². The lowest BCUT2D eigenvalue weighted by atomic mass is 10.2. The van der Waals surface area contributed by atoms with Gasteiger partial charge in [0.1, 0.15) is 0 Å². The molecule has 0 aliphatic carbocycles. The van der Waals surface area contributed by atoms with E-state index in [0.717, 1.165) is 17.1 Å². The second kappa shape index (κ2) is 7.53. The summed E-state index contributed by atoms with van der Waals surface area (Å²) in [6.07, 6.45) is 1.17. The average molecular weight is 290 g/mol. The van der Waals surface area contributed by atoms with Gasteiger partial charge < -0.3 is 10.1 Å². The Kier molecular flexibility index (Phi) is 5.71. The first kappa shape index (κ1) is 15.2. The van der Waals surface area contributed by atoms with Crippen molar-refractivity contribution in [2.45, 2.75) is 32.4 Å². The highest BCUT2D eigenvalue weighted by Gasteiger charge is 2.12. The Hall–Kier alpha value is -1.23. The standard InChI is InChI=1S/C16H22N2OS/c1-12(2)19-10-14(17-3)9-16-18-15(11-20-16)13-7-5-4-6-8-13/h4-8,11-12,14,17H,9-10H2,1-3H3. The van der Waals surface area contributed by atoms with Crippen molar-refractivity contribution in [3.63, 3.8) is 0 Å². The molecule has 1 unspecified atom stereocenters. The Labute approximate surface area is 125 Å². The maximum atomic E-state index is 5.67. The van der Waals surface area contributed by atoms with Crippen molar-refractivity contribution >= 4 is 11.3 Å². The largest absolute Gasteiger partial charge is 0.377 e. The summed E-state index contributed by atoms with van der Waals surface area (Å²) in [6, 6.07) is 10.6. The summed E-state index contributed by atoms with van der Waals surface area (Å²) in [7, 11) is 1.97. The van der Waals surface area contributed by atoms with E-state index in [-0.39, 0.29) is 6.10 Å². The van der Waals surface area contributed by atoms with E-state index in [1.165, 1.54) is 5.56 Å². The second-order valence-corrected chi connectivity index (χ2v) is 6.01. The molecule has 0 aliphatic heterocycles. The molecule has 0 amide bonds. The van der Waals surface area contributed by atoms with Crippen LogP contribution in [0.15, 0.2) is 35.7 Å². The molecular formula is C16H22N2OS. The molecule has 20 heavy (non-hydrogen) atoms. The molecule has 2 aromatic rings. The van der Waals surface area contributed by atoms with E-state index in [1.807, 2.05) is 25.2 Å². The van der Waals surface area contributed by atoms with E-state index in [4.69, 9.17) is 9.72 Å². The molecule has 1 aromatic carbocycles. The zero-order valence-electron chi connectivity index (χ0n) is 12.3. The number of rotatable bonds is 7. The van der Waals surface area contributed by atoms with Crippen LogP contribution < -0.4 is 5.32 Å². The van der Waals surface area contributed by atoms with E-state index >= 15 is 0 Å². The first-order valence-corrected chi connectivity index (χ1v) is 7.85. The number of hydrogen-bond acceptors (Lipinski definition) is 4. The molecule has 0 aliphatic rings.